The number of rotatable bonds is 4. The third-order valence-corrected chi connectivity index (χ3v) is 2.89. The van der Waals surface area contributed by atoms with E-state index in [4.69, 9.17) is 5.73 Å². The molecule has 0 aliphatic heterocycles. The molecule has 4 heteroatoms. The van der Waals surface area contributed by atoms with Crippen LogP contribution in [0.5, 0.6) is 0 Å². The highest BCUT2D eigenvalue weighted by Gasteiger charge is 2.15. The molecule has 0 radical (unpaired) electrons. The van der Waals surface area contributed by atoms with Gasteiger partial charge in [0.15, 0.2) is 0 Å². The Kier molecular flexibility index (Phi) is 4.13. The lowest BCUT2D eigenvalue weighted by atomic mass is 10.2. The average Bonchev–Trinajstić information content (AvgIpc) is 2.46. The Hall–Kier alpha value is -2.36. The molecule has 2 aromatic rings. The molecular weight excluding hydrogens is 238 g/mol. The van der Waals surface area contributed by atoms with E-state index >= 15 is 0 Å². The number of nitrogens with two attached hydrogens (primary N) is 1. The molecule has 0 spiro atoms. The summed E-state index contributed by atoms with van der Waals surface area (Å²) >= 11 is 0. The highest BCUT2D eigenvalue weighted by atomic mass is 16.2. The summed E-state index contributed by atoms with van der Waals surface area (Å²) in [6.07, 6.45) is 1.50. The van der Waals surface area contributed by atoms with Gasteiger partial charge in [0.2, 0.25) is 0 Å². The summed E-state index contributed by atoms with van der Waals surface area (Å²) in [4.78, 5) is 18.1. The summed E-state index contributed by atoms with van der Waals surface area (Å²) in [5, 5.41) is 0. The topological polar surface area (TPSA) is 59.2 Å². The van der Waals surface area contributed by atoms with Gasteiger partial charge >= 0.3 is 0 Å². The lowest BCUT2D eigenvalue weighted by Gasteiger charge is -2.20. The van der Waals surface area contributed by atoms with Gasteiger partial charge in [-0.3, -0.25) is 4.79 Å². The lowest BCUT2D eigenvalue weighted by molar-refractivity contribution is 0.0746. The van der Waals surface area contributed by atoms with Crippen LogP contribution in [0.3, 0.4) is 0 Å². The van der Waals surface area contributed by atoms with Crippen LogP contribution in [0.25, 0.3) is 0 Å². The van der Waals surface area contributed by atoms with Crippen molar-refractivity contribution in [3.8, 4) is 0 Å². The Morgan fingerprint density at radius 1 is 1.21 bits per heavy atom. The third kappa shape index (κ3) is 3.31. The Morgan fingerprint density at radius 2 is 1.95 bits per heavy atom. The van der Waals surface area contributed by atoms with Gasteiger partial charge in [0, 0.05) is 13.1 Å². The first-order valence-electron chi connectivity index (χ1n) is 6.25. The molecule has 0 bridgehead atoms. The lowest BCUT2D eigenvalue weighted by Crippen LogP contribution is -2.30. The second-order valence-electron chi connectivity index (χ2n) is 4.28. The number of carbonyl (C=O) groups is 1. The Labute approximate surface area is 112 Å². The molecule has 0 atom stereocenters. The second-order valence-corrected chi connectivity index (χ2v) is 4.28. The van der Waals surface area contributed by atoms with Crippen LogP contribution in [0.1, 0.15) is 23.0 Å². The molecule has 4 nitrogen and oxygen atoms in total. The summed E-state index contributed by atoms with van der Waals surface area (Å²) in [6.45, 7) is 3.18. The first-order chi connectivity index (χ1) is 9.20. The zero-order chi connectivity index (χ0) is 13.7. The van der Waals surface area contributed by atoms with Crippen molar-refractivity contribution in [1.82, 2.24) is 9.88 Å². The zero-order valence-corrected chi connectivity index (χ0v) is 10.9. The van der Waals surface area contributed by atoms with Crippen molar-refractivity contribution in [3.05, 3.63) is 59.9 Å². The van der Waals surface area contributed by atoms with E-state index < -0.39 is 0 Å². The van der Waals surface area contributed by atoms with Crippen LogP contribution in [-0.2, 0) is 6.54 Å². The van der Waals surface area contributed by atoms with Crippen LogP contribution < -0.4 is 5.73 Å². The van der Waals surface area contributed by atoms with Crippen molar-refractivity contribution in [1.29, 1.82) is 0 Å². The first kappa shape index (κ1) is 13.1. The molecule has 1 heterocycles. The maximum absolute atomic E-state index is 12.3. The number of carbonyl (C=O) groups excluding carboxylic acids is 1. The number of hydrogen-bond acceptors (Lipinski definition) is 3. The molecule has 0 unspecified atom stereocenters. The smallest absolute Gasteiger partial charge is 0.272 e. The summed E-state index contributed by atoms with van der Waals surface area (Å²) in [6, 6.07) is 13.3. The largest absolute Gasteiger partial charge is 0.397 e. The molecular formula is C15H17N3O. The highest BCUT2D eigenvalue weighted by molar-refractivity contribution is 5.92. The van der Waals surface area contributed by atoms with Crippen molar-refractivity contribution < 1.29 is 4.79 Å². The number of aromatic nitrogens is 1. The van der Waals surface area contributed by atoms with Gasteiger partial charge in [0.1, 0.15) is 5.69 Å². The van der Waals surface area contributed by atoms with E-state index in [1.54, 1.807) is 17.0 Å². The molecule has 0 saturated carbocycles. The van der Waals surface area contributed by atoms with Gasteiger partial charge in [-0.05, 0) is 24.6 Å². The van der Waals surface area contributed by atoms with Gasteiger partial charge in [0.05, 0.1) is 11.9 Å². The van der Waals surface area contributed by atoms with Crippen molar-refractivity contribution >= 4 is 11.6 Å². The predicted octanol–water partition coefficient (Wildman–Crippen LogP) is 2.33. The number of pyridine rings is 1. The van der Waals surface area contributed by atoms with Gasteiger partial charge in [-0.25, -0.2) is 4.98 Å². The van der Waals surface area contributed by atoms with Crippen LogP contribution >= 0.6 is 0 Å². The fourth-order valence-corrected chi connectivity index (χ4v) is 1.82. The van der Waals surface area contributed by atoms with Crippen molar-refractivity contribution in [2.75, 3.05) is 12.3 Å². The number of benzene rings is 1. The number of nitrogen functional groups attached to an aromatic ring is 1. The van der Waals surface area contributed by atoms with E-state index in [9.17, 15) is 4.79 Å². The van der Waals surface area contributed by atoms with Crippen molar-refractivity contribution in [2.45, 2.75) is 13.5 Å². The van der Waals surface area contributed by atoms with E-state index in [-0.39, 0.29) is 5.91 Å². The van der Waals surface area contributed by atoms with Gasteiger partial charge in [-0.1, -0.05) is 30.3 Å². The van der Waals surface area contributed by atoms with E-state index in [2.05, 4.69) is 4.98 Å². The zero-order valence-electron chi connectivity index (χ0n) is 10.9. The van der Waals surface area contributed by atoms with Gasteiger partial charge in [0.25, 0.3) is 5.91 Å². The Balaban J connectivity index is 2.13. The molecule has 0 saturated heterocycles. The van der Waals surface area contributed by atoms with Crippen molar-refractivity contribution in [2.24, 2.45) is 0 Å². The average molecular weight is 255 g/mol. The number of anilines is 1. The molecule has 0 aliphatic carbocycles. The fraction of sp³-hybridized carbons (Fsp3) is 0.200. The Bertz CT molecular complexity index is 537. The van der Waals surface area contributed by atoms with Crippen LogP contribution in [0.2, 0.25) is 0 Å². The van der Waals surface area contributed by atoms with Gasteiger partial charge in [-0.2, -0.15) is 0 Å². The summed E-state index contributed by atoms with van der Waals surface area (Å²) in [5.74, 6) is -0.0775. The molecule has 1 aromatic heterocycles. The maximum Gasteiger partial charge on any atom is 0.272 e. The molecule has 98 valence electrons. The molecule has 2 N–H and O–H groups in total. The monoisotopic (exact) mass is 255 g/mol. The number of nitrogens with zero attached hydrogens (tertiary/aromatic N) is 2. The van der Waals surface area contributed by atoms with Crippen LogP contribution in [0.4, 0.5) is 5.69 Å². The fourth-order valence-electron chi connectivity index (χ4n) is 1.82. The third-order valence-electron chi connectivity index (χ3n) is 2.89. The Morgan fingerprint density at radius 3 is 2.53 bits per heavy atom. The van der Waals surface area contributed by atoms with Gasteiger partial charge in [-0.15, -0.1) is 0 Å². The minimum Gasteiger partial charge on any atom is -0.397 e. The molecule has 1 amide bonds. The molecule has 1 aromatic carbocycles. The molecule has 19 heavy (non-hydrogen) atoms. The summed E-state index contributed by atoms with van der Waals surface area (Å²) < 4.78 is 0. The van der Waals surface area contributed by atoms with Gasteiger partial charge < -0.3 is 10.6 Å². The molecule has 0 aliphatic rings. The highest BCUT2D eigenvalue weighted by Crippen LogP contribution is 2.09. The number of hydrogen-bond donors (Lipinski definition) is 1. The second kappa shape index (κ2) is 6.00. The van der Waals surface area contributed by atoms with Crippen LogP contribution in [-0.4, -0.2) is 22.3 Å². The van der Waals surface area contributed by atoms with E-state index in [1.807, 2.05) is 37.3 Å². The quantitative estimate of drug-likeness (QED) is 0.912. The summed E-state index contributed by atoms with van der Waals surface area (Å²) in [7, 11) is 0. The van der Waals surface area contributed by atoms with E-state index in [1.165, 1.54) is 6.20 Å². The van der Waals surface area contributed by atoms with Crippen molar-refractivity contribution in [3.63, 3.8) is 0 Å². The van der Waals surface area contributed by atoms with Crippen LogP contribution in [0, 0.1) is 0 Å². The first-order valence-corrected chi connectivity index (χ1v) is 6.25. The SMILES string of the molecule is CCN(Cc1ccccc1)C(=O)c1ccc(N)cn1. The summed E-state index contributed by atoms with van der Waals surface area (Å²) in [5.41, 5.74) is 7.66. The standard InChI is InChI=1S/C15H17N3O/c1-2-18(11-12-6-4-3-5-7-12)15(19)14-9-8-13(16)10-17-14/h3-10H,2,11,16H2,1H3. The van der Waals surface area contributed by atoms with Crippen LogP contribution in [0.15, 0.2) is 48.7 Å². The normalized spacial score (nSPS) is 10.2. The maximum atomic E-state index is 12.3. The van der Waals surface area contributed by atoms with E-state index in [0.29, 0.717) is 24.5 Å². The molecule has 0 fully saturated rings. The predicted molar refractivity (Wildman–Crippen MR) is 75.5 cm³/mol. The molecule has 2 rings (SSSR count). The number of amides is 1. The minimum absolute atomic E-state index is 0.0775. The van der Waals surface area contributed by atoms with E-state index in [0.717, 1.165) is 5.56 Å². The minimum atomic E-state index is -0.0775.